The summed E-state index contributed by atoms with van der Waals surface area (Å²) in [5.74, 6) is 2.59. The van der Waals surface area contributed by atoms with E-state index in [2.05, 4.69) is 18.9 Å². The summed E-state index contributed by atoms with van der Waals surface area (Å²) in [5, 5.41) is 7.71. The zero-order valence-electron chi connectivity index (χ0n) is 15.9. The largest absolute Gasteiger partial charge is 0.493 e. The minimum absolute atomic E-state index is 0.110. The first kappa shape index (κ1) is 18.0. The number of halogens is 1. The van der Waals surface area contributed by atoms with Gasteiger partial charge in [0.25, 0.3) is 0 Å². The summed E-state index contributed by atoms with van der Waals surface area (Å²) in [6.45, 7) is 4.29. The Bertz CT molecular complexity index is 897. The van der Waals surface area contributed by atoms with E-state index in [1.165, 1.54) is 0 Å². The summed E-state index contributed by atoms with van der Waals surface area (Å²) >= 11 is 6.25. The average molecular weight is 387 g/mol. The zero-order chi connectivity index (χ0) is 19.1. The fourth-order valence-electron chi connectivity index (χ4n) is 3.72. The molecule has 2 aromatic rings. The van der Waals surface area contributed by atoms with Gasteiger partial charge in [-0.15, -0.1) is 0 Å². The van der Waals surface area contributed by atoms with E-state index in [1.807, 2.05) is 36.4 Å². The monoisotopic (exact) mass is 386 g/mol. The van der Waals surface area contributed by atoms with E-state index in [0.29, 0.717) is 22.4 Å². The van der Waals surface area contributed by atoms with E-state index >= 15 is 0 Å². The molecule has 4 rings (SSSR count). The number of fused-ring (bicyclic) bond motifs is 3. The summed E-state index contributed by atoms with van der Waals surface area (Å²) in [4.78, 5) is 0. The smallest absolute Gasteiger partial charge is 0.190 e. The molecular formula is C21H23ClN2O3. The topological polar surface area (TPSA) is 43.3 Å². The Morgan fingerprint density at radius 3 is 2.59 bits per heavy atom. The molecule has 27 heavy (non-hydrogen) atoms. The summed E-state index contributed by atoms with van der Waals surface area (Å²) in [6, 6.07) is 11.8. The van der Waals surface area contributed by atoms with Crippen molar-refractivity contribution < 1.29 is 14.2 Å². The highest BCUT2D eigenvalue weighted by molar-refractivity contribution is 6.30. The van der Waals surface area contributed by atoms with Crippen LogP contribution in [0.5, 0.6) is 17.2 Å². The third kappa shape index (κ3) is 3.10. The van der Waals surface area contributed by atoms with Gasteiger partial charge in [0.15, 0.2) is 17.7 Å². The van der Waals surface area contributed by atoms with Crippen molar-refractivity contribution >= 4 is 17.3 Å². The Kier molecular flexibility index (Phi) is 4.64. The van der Waals surface area contributed by atoms with Crippen LogP contribution in [0.25, 0.3) is 0 Å². The number of nitrogens with zero attached hydrogens (tertiary/aromatic N) is 2. The van der Waals surface area contributed by atoms with Crippen LogP contribution in [0.4, 0.5) is 0 Å². The molecule has 2 aliphatic rings. The molecule has 0 radical (unpaired) electrons. The highest BCUT2D eigenvalue weighted by Crippen LogP contribution is 2.45. The number of rotatable bonds is 4. The molecular weight excluding hydrogens is 364 g/mol. The van der Waals surface area contributed by atoms with E-state index in [9.17, 15) is 0 Å². The summed E-state index contributed by atoms with van der Waals surface area (Å²) in [6.07, 6.45) is 0.677. The van der Waals surface area contributed by atoms with Gasteiger partial charge >= 0.3 is 0 Å². The van der Waals surface area contributed by atoms with Crippen molar-refractivity contribution in [1.82, 2.24) is 5.01 Å². The molecule has 0 spiro atoms. The number of hydrogen-bond acceptors (Lipinski definition) is 5. The second-order valence-electron chi connectivity index (χ2n) is 7.15. The maximum Gasteiger partial charge on any atom is 0.190 e. The first-order valence-electron chi connectivity index (χ1n) is 9.06. The van der Waals surface area contributed by atoms with Crippen molar-refractivity contribution in [3.8, 4) is 17.2 Å². The van der Waals surface area contributed by atoms with Gasteiger partial charge in [0, 0.05) is 28.5 Å². The van der Waals surface area contributed by atoms with Crippen LogP contribution in [-0.2, 0) is 0 Å². The van der Waals surface area contributed by atoms with Crippen LogP contribution in [0.1, 0.15) is 37.4 Å². The molecule has 0 fully saturated rings. The molecule has 2 heterocycles. The van der Waals surface area contributed by atoms with Crippen molar-refractivity contribution in [3.05, 3.63) is 52.5 Å². The van der Waals surface area contributed by atoms with Gasteiger partial charge in [-0.1, -0.05) is 25.4 Å². The molecule has 142 valence electrons. The van der Waals surface area contributed by atoms with E-state index in [1.54, 1.807) is 14.2 Å². The van der Waals surface area contributed by atoms with Crippen LogP contribution < -0.4 is 14.2 Å². The second-order valence-corrected chi connectivity index (χ2v) is 7.59. The molecule has 0 bridgehead atoms. The van der Waals surface area contributed by atoms with Crippen LogP contribution in [0, 0.1) is 5.92 Å². The second kappa shape index (κ2) is 6.97. The number of hydrazone groups is 1. The van der Waals surface area contributed by atoms with Gasteiger partial charge in [0.1, 0.15) is 5.75 Å². The van der Waals surface area contributed by atoms with Crippen molar-refractivity contribution in [2.75, 3.05) is 14.2 Å². The first-order valence-corrected chi connectivity index (χ1v) is 9.44. The SMILES string of the molecule is COc1ccc(C2=NN3[C@H](C2)c2cc(Cl)ccc2O[C@@H]3C(C)C)cc1OC. The lowest BCUT2D eigenvalue weighted by Crippen LogP contribution is -2.43. The fourth-order valence-corrected chi connectivity index (χ4v) is 3.90. The van der Waals surface area contributed by atoms with Crippen molar-refractivity contribution in [1.29, 1.82) is 0 Å². The Morgan fingerprint density at radius 1 is 1.11 bits per heavy atom. The molecule has 0 N–H and O–H groups in total. The third-order valence-electron chi connectivity index (χ3n) is 5.07. The quantitative estimate of drug-likeness (QED) is 0.750. The maximum absolute atomic E-state index is 6.25. The van der Waals surface area contributed by atoms with Crippen molar-refractivity contribution in [3.63, 3.8) is 0 Å². The summed E-state index contributed by atoms with van der Waals surface area (Å²) < 4.78 is 17.0. The standard InChI is InChI=1S/C21H23ClN2O3/c1-12(2)21-24-17(15-10-14(22)6-8-18(15)27-21)11-16(23-24)13-5-7-19(25-3)20(9-13)26-4/h5-10,12,17,21H,11H2,1-4H3/t17-,21-/m1/s1. The van der Waals surface area contributed by atoms with Crippen LogP contribution >= 0.6 is 11.6 Å². The minimum atomic E-state index is -0.110. The molecule has 6 heteroatoms. The molecule has 0 aliphatic carbocycles. The molecule has 0 unspecified atom stereocenters. The van der Waals surface area contributed by atoms with Crippen LogP contribution in [0.15, 0.2) is 41.5 Å². The molecule has 0 amide bonds. The van der Waals surface area contributed by atoms with Gasteiger partial charge in [-0.05, 0) is 36.4 Å². The number of ether oxygens (including phenoxy) is 3. The van der Waals surface area contributed by atoms with Gasteiger partial charge in [-0.3, -0.25) is 0 Å². The maximum atomic E-state index is 6.25. The number of methoxy groups -OCH3 is 2. The molecule has 0 saturated carbocycles. The average Bonchev–Trinajstić information content (AvgIpc) is 3.12. The van der Waals surface area contributed by atoms with Gasteiger partial charge in [0.2, 0.25) is 0 Å². The van der Waals surface area contributed by atoms with E-state index < -0.39 is 0 Å². The number of hydrogen-bond donors (Lipinski definition) is 0. The molecule has 0 aromatic heterocycles. The van der Waals surface area contributed by atoms with Crippen LogP contribution in [0.3, 0.4) is 0 Å². The van der Waals surface area contributed by atoms with E-state index in [0.717, 1.165) is 29.0 Å². The fraction of sp³-hybridized carbons (Fsp3) is 0.381. The van der Waals surface area contributed by atoms with E-state index in [-0.39, 0.29) is 12.3 Å². The Morgan fingerprint density at radius 2 is 1.89 bits per heavy atom. The summed E-state index contributed by atoms with van der Waals surface area (Å²) in [5.41, 5.74) is 3.11. The van der Waals surface area contributed by atoms with Gasteiger partial charge in [-0.2, -0.15) is 5.10 Å². The zero-order valence-corrected chi connectivity index (χ0v) is 16.7. The van der Waals surface area contributed by atoms with Gasteiger partial charge in [0.05, 0.1) is 26.0 Å². The lowest BCUT2D eigenvalue weighted by molar-refractivity contribution is -0.0461. The lowest BCUT2D eigenvalue weighted by atomic mass is 9.95. The first-order chi connectivity index (χ1) is 13.0. The normalized spacial score (nSPS) is 20.7. The van der Waals surface area contributed by atoms with Crippen LogP contribution in [0.2, 0.25) is 5.02 Å². The molecule has 2 aromatic carbocycles. The van der Waals surface area contributed by atoms with Crippen molar-refractivity contribution in [2.24, 2.45) is 11.0 Å². The predicted molar refractivity (Wildman–Crippen MR) is 106 cm³/mol. The molecule has 0 saturated heterocycles. The van der Waals surface area contributed by atoms with Gasteiger partial charge < -0.3 is 14.2 Å². The highest BCUT2D eigenvalue weighted by atomic mass is 35.5. The number of benzene rings is 2. The predicted octanol–water partition coefficient (Wildman–Crippen LogP) is 4.88. The highest BCUT2D eigenvalue weighted by Gasteiger charge is 2.41. The van der Waals surface area contributed by atoms with E-state index in [4.69, 9.17) is 30.9 Å². The Labute approximate surface area is 164 Å². The Balaban J connectivity index is 1.74. The van der Waals surface area contributed by atoms with Gasteiger partial charge in [-0.25, -0.2) is 5.01 Å². The van der Waals surface area contributed by atoms with Crippen molar-refractivity contribution in [2.45, 2.75) is 32.5 Å². The molecule has 5 nitrogen and oxygen atoms in total. The van der Waals surface area contributed by atoms with Crippen LogP contribution in [-0.4, -0.2) is 31.2 Å². The Hall–Kier alpha value is -2.40. The molecule has 2 aliphatic heterocycles. The third-order valence-corrected chi connectivity index (χ3v) is 5.30. The molecule has 2 atom stereocenters. The minimum Gasteiger partial charge on any atom is -0.493 e. The lowest BCUT2D eigenvalue weighted by Gasteiger charge is -2.40. The summed E-state index contributed by atoms with van der Waals surface area (Å²) in [7, 11) is 3.28.